The van der Waals surface area contributed by atoms with Crippen LogP contribution in [0.15, 0.2) is 73.4 Å². The Morgan fingerprint density at radius 1 is 1.08 bits per heavy atom. The number of halogens is 3. The van der Waals surface area contributed by atoms with E-state index in [2.05, 4.69) is 41.9 Å². The highest BCUT2D eigenvalue weighted by atomic mass is 79.9. The Morgan fingerprint density at radius 2 is 1.86 bits per heavy atom. The first kappa shape index (κ1) is 26.0. The van der Waals surface area contributed by atoms with E-state index in [0.717, 1.165) is 4.47 Å². The molecule has 9 heteroatoms. The second-order valence-corrected chi connectivity index (χ2v) is 10.1. The minimum absolute atomic E-state index is 0.0241. The van der Waals surface area contributed by atoms with Crippen molar-refractivity contribution in [2.75, 3.05) is 6.61 Å². The predicted molar refractivity (Wildman–Crippen MR) is 147 cm³/mol. The van der Waals surface area contributed by atoms with Crippen molar-refractivity contribution >= 4 is 49.0 Å². The highest BCUT2D eigenvalue weighted by molar-refractivity contribution is 9.10. The van der Waals surface area contributed by atoms with E-state index in [1.54, 1.807) is 36.5 Å². The smallest absolute Gasteiger partial charge is 0.282 e. The lowest BCUT2D eigenvalue weighted by Gasteiger charge is -2.14. The van der Waals surface area contributed by atoms with E-state index >= 15 is 0 Å². The number of ether oxygens (including phenoxy) is 2. The highest BCUT2D eigenvalue weighted by Crippen LogP contribution is 2.34. The maximum atomic E-state index is 13.5. The van der Waals surface area contributed by atoms with Crippen molar-refractivity contribution in [3.63, 3.8) is 0 Å². The number of aromatic nitrogens is 2. The van der Waals surface area contributed by atoms with Crippen molar-refractivity contribution in [1.82, 2.24) is 9.66 Å². The fourth-order valence-corrected chi connectivity index (χ4v) is 4.38. The Morgan fingerprint density at radius 3 is 2.58 bits per heavy atom. The van der Waals surface area contributed by atoms with E-state index < -0.39 is 0 Å². The summed E-state index contributed by atoms with van der Waals surface area (Å²) in [7, 11) is 0. The number of hydrogen-bond donors (Lipinski definition) is 0. The third-order valence-electron chi connectivity index (χ3n) is 5.31. The Balaban J connectivity index is 1.70. The number of nitrogens with zero attached hydrogens (tertiary/aromatic N) is 3. The van der Waals surface area contributed by atoms with Gasteiger partial charge >= 0.3 is 0 Å². The molecule has 4 aromatic rings. The average Bonchev–Trinajstić information content (AvgIpc) is 2.84. The first-order valence-electron chi connectivity index (χ1n) is 11.4. The summed E-state index contributed by atoms with van der Waals surface area (Å²) in [6.07, 6.45) is 1.59. The van der Waals surface area contributed by atoms with Crippen LogP contribution in [0, 0.1) is 5.82 Å². The molecule has 36 heavy (non-hydrogen) atoms. The van der Waals surface area contributed by atoms with Crippen molar-refractivity contribution in [3.8, 4) is 11.5 Å². The standard InChI is InChI=1S/C27H24Br2FN3O3/c1-4-35-24-11-18(22(29)13-25(24)36-15-17-6-5-7-20(30)10-17)14-31-33-26(16(2)3)32-23-9-8-19(28)12-21(23)27(33)34/h5-14,16H,4,15H2,1-3H3. The van der Waals surface area contributed by atoms with Crippen molar-refractivity contribution in [2.45, 2.75) is 33.3 Å². The molecule has 0 saturated heterocycles. The molecule has 0 bridgehead atoms. The van der Waals surface area contributed by atoms with E-state index in [0.29, 0.717) is 50.4 Å². The van der Waals surface area contributed by atoms with Gasteiger partial charge in [-0.3, -0.25) is 4.79 Å². The maximum Gasteiger partial charge on any atom is 0.282 e. The van der Waals surface area contributed by atoms with Crippen LogP contribution in [0.2, 0.25) is 0 Å². The van der Waals surface area contributed by atoms with Crippen LogP contribution in [0.25, 0.3) is 10.9 Å². The van der Waals surface area contributed by atoms with Crippen LogP contribution in [0.3, 0.4) is 0 Å². The first-order chi connectivity index (χ1) is 17.3. The van der Waals surface area contributed by atoms with Crippen LogP contribution in [0.1, 0.15) is 43.6 Å². The van der Waals surface area contributed by atoms with Crippen molar-refractivity contribution in [1.29, 1.82) is 0 Å². The van der Waals surface area contributed by atoms with Gasteiger partial charge in [0.15, 0.2) is 11.5 Å². The second-order valence-electron chi connectivity index (χ2n) is 8.32. The quantitative estimate of drug-likeness (QED) is 0.199. The molecule has 0 amide bonds. The van der Waals surface area contributed by atoms with Gasteiger partial charge in [0.2, 0.25) is 0 Å². The van der Waals surface area contributed by atoms with Gasteiger partial charge in [0, 0.05) is 20.4 Å². The normalized spacial score (nSPS) is 11.5. The van der Waals surface area contributed by atoms with Gasteiger partial charge in [-0.05, 0) is 70.9 Å². The molecule has 186 valence electrons. The molecule has 3 aromatic carbocycles. The van der Waals surface area contributed by atoms with Crippen LogP contribution < -0.4 is 15.0 Å². The zero-order valence-corrected chi connectivity index (χ0v) is 23.1. The SMILES string of the molecule is CCOc1cc(C=Nn2c(C(C)C)nc3ccc(Br)cc3c2=O)c(Br)cc1OCc1cccc(F)c1. The van der Waals surface area contributed by atoms with Gasteiger partial charge in [0.1, 0.15) is 18.2 Å². The summed E-state index contributed by atoms with van der Waals surface area (Å²) in [4.78, 5) is 18.0. The van der Waals surface area contributed by atoms with Crippen LogP contribution >= 0.6 is 31.9 Å². The van der Waals surface area contributed by atoms with Gasteiger partial charge in [-0.2, -0.15) is 9.78 Å². The molecule has 0 saturated carbocycles. The van der Waals surface area contributed by atoms with Gasteiger partial charge in [-0.1, -0.05) is 41.9 Å². The summed E-state index contributed by atoms with van der Waals surface area (Å²) >= 11 is 6.98. The average molecular weight is 617 g/mol. The Labute approximate surface area is 225 Å². The third-order valence-corrected chi connectivity index (χ3v) is 6.49. The number of fused-ring (bicyclic) bond motifs is 1. The largest absolute Gasteiger partial charge is 0.490 e. The van der Waals surface area contributed by atoms with Gasteiger partial charge < -0.3 is 9.47 Å². The summed E-state index contributed by atoms with van der Waals surface area (Å²) in [5, 5.41) is 4.98. The predicted octanol–water partition coefficient (Wildman–Crippen LogP) is 7.04. The Hall–Kier alpha value is -3.04. The maximum absolute atomic E-state index is 13.5. The lowest BCUT2D eigenvalue weighted by Crippen LogP contribution is -2.23. The molecule has 1 heterocycles. The van der Waals surface area contributed by atoms with E-state index in [1.807, 2.05) is 32.9 Å². The van der Waals surface area contributed by atoms with Crippen LogP contribution in [0.4, 0.5) is 4.39 Å². The fourth-order valence-electron chi connectivity index (χ4n) is 3.59. The topological polar surface area (TPSA) is 65.7 Å². The Bertz CT molecular complexity index is 1500. The van der Waals surface area contributed by atoms with E-state index in [4.69, 9.17) is 9.47 Å². The molecule has 6 nitrogen and oxygen atoms in total. The molecular formula is C27H24Br2FN3O3. The molecule has 0 N–H and O–H groups in total. The van der Waals surface area contributed by atoms with Gasteiger partial charge in [0.05, 0.1) is 23.7 Å². The third kappa shape index (κ3) is 5.84. The monoisotopic (exact) mass is 615 g/mol. The summed E-state index contributed by atoms with van der Waals surface area (Å²) in [5.74, 6) is 1.23. The minimum Gasteiger partial charge on any atom is -0.490 e. The lowest BCUT2D eigenvalue weighted by molar-refractivity contribution is 0.269. The van der Waals surface area contributed by atoms with Crippen LogP contribution in [-0.2, 0) is 6.61 Å². The first-order valence-corrected chi connectivity index (χ1v) is 13.0. The fraction of sp³-hybridized carbons (Fsp3) is 0.222. The van der Waals surface area contributed by atoms with E-state index in [-0.39, 0.29) is 23.9 Å². The van der Waals surface area contributed by atoms with Crippen LogP contribution in [-0.4, -0.2) is 22.5 Å². The molecular weight excluding hydrogens is 593 g/mol. The van der Waals surface area contributed by atoms with Gasteiger partial charge in [0.25, 0.3) is 5.56 Å². The summed E-state index contributed by atoms with van der Waals surface area (Å²) in [5.41, 5.74) is 1.76. The van der Waals surface area contributed by atoms with Crippen LogP contribution in [0.5, 0.6) is 11.5 Å². The summed E-state index contributed by atoms with van der Waals surface area (Å²) in [6.45, 7) is 6.41. The lowest BCUT2D eigenvalue weighted by atomic mass is 10.2. The molecule has 0 fully saturated rings. The van der Waals surface area contributed by atoms with E-state index in [1.165, 1.54) is 16.8 Å². The Kier molecular flexibility index (Phi) is 8.21. The van der Waals surface area contributed by atoms with Crippen molar-refractivity contribution in [2.24, 2.45) is 5.10 Å². The molecule has 0 radical (unpaired) electrons. The molecule has 4 rings (SSSR count). The molecule has 0 aliphatic carbocycles. The summed E-state index contributed by atoms with van der Waals surface area (Å²) in [6, 6.07) is 15.2. The number of rotatable bonds is 8. The molecule has 1 aromatic heterocycles. The minimum atomic E-state index is -0.319. The van der Waals surface area contributed by atoms with Gasteiger partial charge in [-0.25, -0.2) is 9.37 Å². The molecule has 0 spiro atoms. The number of hydrogen-bond acceptors (Lipinski definition) is 5. The highest BCUT2D eigenvalue weighted by Gasteiger charge is 2.15. The second kappa shape index (κ2) is 11.3. The zero-order valence-electron chi connectivity index (χ0n) is 20.0. The molecule has 0 unspecified atom stereocenters. The molecule has 0 aliphatic rings. The molecule has 0 aliphatic heterocycles. The van der Waals surface area contributed by atoms with Crippen molar-refractivity contribution in [3.05, 3.63) is 96.7 Å². The zero-order chi connectivity index (χ0) is 25.8. The van der Waals surface area contributed by atoms with Crippen molar-refractivity contribution < 1.29 is 13.9 Å². The summed E-state index contributed by atoms with van der Waals surface area (Å²) < 4.78 is 28.0. The van der Waals surface area contributed by atoms with E-state index in [9.17, 15) is 9.18 Å². The van der Waals surface area contributed by atoms with Gasteiger partial charge in [-0.15, -0.1) is 0 Å². The number of benzene rings is 3. The molecule has 0 atom stereocenters.